The number of nitrogens with one attached hydrogen (secondary N) is 1. The number of anilines is 1. The molecule has 0 amide bonds. The molecule has 12 rings (SSSR count). The molecule has 0 fully saturated rings. The summed E-state index contributed by atoms with van der Waals surface area (Å²) < 4.78 is 0. The Morgan fingerprint density at radius 1 is 0.344 bits per heavy atom. The van der Waals surface area contributed by atoms with Crippen molar-refractivity contribution in [1.29, 1.82) is 0 Å². The van der Waals surface area contributed by atoms with Crippen LogP contribution in [0.1, 0.15) is 5.56 Å². The van der Waals surface area contributed by atoms with Gasteiger partial charge >= 0.3 is 0 Å². The van der Waals surface area contributed by atoms with Crippen LogP contribution in [0, 0.1) is 0 Å². The predicted octanol–water partition coefficient (Wildman–Crippen LogP) is 15.4. The Kier molecular flexibility index (Phi) is 9.19. The lowest BCUT2D eigenvalue weighted by Gasteiger charge is -2.19. The van der Waals surface area contributed by atoms with Crippen molar-refractivity contribution >= 4 is 44.2 Å². The summed E-state index contributed by atoms with van der Waals surface area (Å²) in [6.07, 6.45) is 4.34. The fourth-order valence-electron chi connectivity index (χ4n) is 9.38. The molecule has 9 aromatic carbocycles. The molecule has 0 radical (unpaired) electrons. The fourth-order valence-corrected chi connectivity index (χ4v) is 9.38. The van der Waals surface area contributed by atoms with Gasteiger partial charge in [0.25, 0.3) is 0 Å². The molecule has 0 atom stereocenters. The molecule has 0 spiro atoms. The molecule has 0 aliphatic carbocycles. The first-order chi connectivity index (χ1) is 31.7. The number of hydrogen-bond donors (Lipinski definition) is 1. The lowest BCUT2D eigenvalue weighted by atomic mass is 9.85. The number of nitrogens with zero attached hydrogens (tertiary/aromatic N) is 3. The summed E-state index contributed by atoms with van der Waals surface area (Å²) in [4.78, 5) is 16.0. The van der Waals surface area contributed by atoms with Crippen LogP contribution in [0.15, 0.2) is 218 Å². The zero-order valence-corrected chi connectivity index (χ0v) is 34.9. The average Bonchev–Trinajstić information content (AvgIpc) is 3.38. The molecule has 2 aromatic heterocycles. The minimum atomic E-state index is 0.671. The van der Waals surface area contributed by atoms with E-state index in [2.05, 4.69) is 212 Å². The highest BCUT2D eigenvalue weighted by atomic mass is 14.9. The van der Waals surface area contributed by atoms with Crippen molar-refractivity contribution < 1.29 is 0 Å². The van der Waals surface area contributed by atoms with E-state index >= 15 is 0 Å². The molecule has 0 bridgehead atoms. The molecule has 4 heteroatoms. The van der Waals surface area contributed by atoms with Crippen LogP contribution in [0.5, 0.6) is 0 Å². The molecular weight excluding hydrogens is 777 g/mol. The van der Waals surface area contributed by atoms with E-state index in [4.69, 9.17) is 15.0 Å². The van der Waals surface area contributed by atoms with Gasteiger partial charge in [0, 0.05) is 34.2 Å². The topological polar surface area (TPSA) is 50.7 Å². The first-order valence-corrected chi connectivity index (χ1v) is 21.8. The van der Waals surface area contributed by atoms with Gasteiger partial charge in [-0.2, -0.15) is 0 Å². The molecule has 300 valence electrons. The van der Waals surface area contributed by atoms with Crippen LogP contribution >= 0.6 is 0 Å². The van der Waals surface area contributed by atoms with E-state index in [1.54, 1.807) is 0 Å². The average molecular weight is 817 g/mol. The van der Waals surface area contributed by atoms with Crippen molar-refractivity contribution in [2.45, 2.75) is 0 Å². The third-order valence-electron chi connectivity index (χ3n) is 12.4. The van der Waals surface area contributed by atoms with Crippen molar-refractivity contribution in [2.24, 2.45) is 0 Å². The van der Waals surface area contributed by atoms with Crippen LogP contribution in [0.25, 0.3) is 117 Å². The van der Waals surface area contributed by atoms with Crippen molar-refractivity contribution in [2.75, 3.05) is 11.9 Å². The molecule has 3 heterocycles. The Morgan fingerprint density at radius 2 is 0.828 bits per heavy atom. The zero-order valence-electron chi connectivity index (χ0n) is 34.9. The van der Waals surface area contributed by atoms with E-state index in [0.717, 1.165) is 79.2 Å². The van der Waals surface area contributed by atoms with Gasteiger partial charge in [0.15, 0.2) is 5.82 Å². The minimum Gasteiger partial charge on any atom is -0.379 e. The Balaban J connectivity index is 1.12. The first-order valence-electron chi connectivity index (χ1n) is 21.8. The summed E-state index contributed by atoms with van der Waals surface area (Å²) in [6.45, 7) is 0.769. The van der Waals surface area contributed by atoms with Crippen LogP contribution in [-0.2, 0) is 0 Å². The summed E-state index contributed by atoms with van der Waals surface area (Å²) in [7, 11) is 0. The summed E-state index contributed by atoms with van der Waals surface area (Å²) >= 11 is 0. The minimum absolute atomic E-state index is 0.671. The molecule has 1 N–H and O–H groups in total. The Labute approximate surface area is 371 Å². The molecule has 0 unspecified atom stereocenters. The van der Waals surface area contributed by atoms with Gasteiger partial charge < -0.3 is 5.32 Å². The third kappa shape index (κ3) is 6.70. The number of pyridine rings is 1. The van der Waals surface area contributed by atoms with Gasteiger partial charge in [-0.15, -0.1) is 0 Å². The Hall–Kier alpha value is -8.47. The smallest absolute Gasteiger partial charge is 0.160 e. The van der Waals surface area contributed by atoms with Crippen molar-refractivity contribution in [3.63, 3.8) is 0 Å². The molecule has 11 aromatic rings. The monoisotopic (exact) mass is 816 g/mol. The predicted molar refractivity (Wildman–Crippen MR) is 268 cm³/mol. The van der Waals surface area contributed by atoms with Gasteiger partial charge in [0.2, 0.25) is 0 Å². The maximum absolute atomic E-state index is 5.44. The van der Waals surface area contributed by atoms with Crippen LogP contribution in [0.3, 0.4) is 0 Å². The van der Waals surface area contributed by atoms with Crippen molar-refractivity contribution in [3.8, 4) is 78.5 Å². The van der Waals surface area contributed by atoms with Crippen LogP contribution in [-0.4, -0.2) is 21.5 Å². The van der Waals surface area contributed by atoms with Gasteiger partial charge in [-0.1, -0.05) is 194 Å². The van der Waals surface area contributed by atoms with Crippen molar-refractivity contribution in [1.82, 2.24) is 15.0 Å². The van der Waals surface area contributed by atoms with E-state index in [9.17, 15) is 0 Å². The summed E-state index contributed by atoms with van der Waals surface area (Å²) in [5, 5.41) is 9.49. The fraction of sp³-hybridized carbons (Fsp3) is 0.0167. The van der Waals surface area contributed by atoms with E-state index in [1.807, 2.05) is 18.2 Å². The summed E-state index contributed by atoms with van der Waals surface area (Å²) in [5.41, 5.74) is 16.8. The number of aromatic nitrogens is 3. The second-order valence-electron chi connectivity index (χ2n) is 16.4. The largest absolute Gasteiger partial charge is 0.379 e. The van der Waals surface area contributed by atoms with Gasteiger partial charge in [-0.25, -0.2) is 15.0 Å². The molecule has 4 nitrogen and oxygen atoms in total. The second kappa shape index (κ2) is 15.8. The standard InChI is InChI=1S/C60H40N4/c1-4-15-39(16-5-1)40-26-28-41(29-27-40)54-38-55(64-60(63-54)45-19-8-3-9-20-45)47-35-46(53-33-32-44-31-30-43-21-14-34-61-58(43)59(44)62-53)36-48(37-47)57-51-24-12-10-22-49(51)56(42-17-6-2-7-18-42)50-23-11-13-25-52(50)57/h1-33,35-38,61H,34H2. The number of rotatable bonds is 7. The maximum Gasteiger partial charge on any atom is 0.160 e. The summed E-state index contributed by atoms with van der Waals surface area (Å²) in [5.74, 6) is 0.671. The van der Waals surface area contributed by atoms with Gasteiger partial charge in [0.05, 0.1) is 28.3 Å². The van der Waals surface area contributed by atoms with E-state index in [0.29, 0.717) is 5.82 Å². The van der Waals surface area contributed by atoms with Gasteiger partial charge in [-0.05, 0) is 90.8 Å². The normalized spacial score (nSPS) is 12.1. The molecule has 0 saturated carbocycles. The molecule has 1 aliphatic heterocycles. The van der Waals surface area contributed by atoms with E-state index in [1.165, 1.54) is 43.8 Å². The quantitative estimate of drug-likeness (QED) is 0.163. The summed E-state index contributed by atoms with van der Waals surface area (Å²) in [6, 6.07) is 75.6. The highest BCUT2D eigenvalue weighted by molar-refractivity contribution is 6.21. The van der Waals surface area contributed by atoms with Crippen molar-refractivity contribution in [3.05, 3.63) is 224 Å². The lowest BCUT2D eigenvalue weighted by molar-refractivity contribution is 1.18. The highest BCUT2D eigenvalue weighted by Gasteiger charge is 2.20. The highest BCUT2D eigenvalue weighted by Crippen LogP contribution is 2.45. The van der Waals surface area contributed by atoms with Crippen LogP contribution in [0.2, 0.25) is 0 Å². The first kappa shape index (κ1) is 37.3. The molecule has 0 saturated heterocycles. The Morgan fingerprint density at radius 3 is 1.47 bits per heavy atom. The van der Waals surface area contributed by atoms with E-state index in [-0.39, 0.29) is 0 Å². The van der Waals surface area contributed by atoms with Crippen LogP contribution in [0.4, 0.5) is 5.69 Å². The number of hydrogen-bond acceptors (Lipinski definition) is 4. The van der Waals surface area contributed by atoms with Crippen LogP contribution < -0.4 is 5.32 Å². The zero-order chi connectivity index (χ0) is 42.4. The third-order valence-corrected chi connectivity index (χ3v) is 12.4. The molecule has 64 heavy (non-hydrogen) atoms. The molecular formula is C60H40N4. The SMILES string of the molecule is C1=Cc2ccc3ccc(-c4cc(-c5cc(-c6ccc(-c7ccccc7)cc6)nc(-c6ccccc6)n5)cc(-c5c6ccccc6c(-c6ccccc6)c6ccccc56)c4)nc3c2NC1. The number of benzene rings is 9. The number of fused-ring (bicyclic) bond motifs is 5. The second-order valence-corrected chi connectivity index (χ2v) is 16.4. The molecule has 1 aliphatic rings. The van der Waals surface area contributed by atoms with Gasteiger partial charge in [-0.3, -0.25) is 0 Å². The maximum atomic E-state index is 5.44. The lowest BCUT2D eigenvalue weighted by Crippen LogP contribution is -2.05. The Bertz CT molecular complexity index is 3520. The van der Waals surface area contributed by atoms with E-state index < -0.39 is 0 Å². The van der Waals surface area contributed by atoms with Gasteiger partial charge in [0.1, 0.15) is 0 Å².